The molecule has 0 aliphatic heterocycles. The maximum Gasteiger partial charge on any atom is 0.334 e. The number of hydrogen-bond acceptors (Lipinski definition) is 8. The second kappa shape index (κ2) is 23.0. The molecule has 0 fully saturated rings. The van der Waals surface area contributed by atoms with Crippen molar-refractivity contribution in [1.29, 1.82) is 0 Å². The van der Waals surface area contributed by atoms with Gasteiger partial charge in [-0.15, -0.1) is 0 Å². The van der Waals surface area contributed by atoms with Gasteiger partial charge in [0.1, 0.15) is 25.4 Å². The van der Waals surface area contributed by atoms with Crippen molar-refractivity contribution in [3.63, 3.8) is 0 Å². The van der Waals surface area contributed by atoms with Gasteiger partial charge in [-0.2, -0.15) is 0 Å². The molecule has 8 nitrogen and oxygen atoms in total. The van der Waals surface area contributed by atoms with Gasteiger partial charge in [-0.25, -0.2) is 9.59 Å². The molecule has 0 aliphatic rings. The first-order valence-electron chi connectivity index (χ1n) is 14.7. The van der Waals surface area contributed by atoms with Crippen LogP contribution in [0.2, 0.25) is 0 Å². The van der Waals surface area contributed by atoms with E-state index in [1.54, 1.807) is 0 Å². The number of ether oxygens (including phenoxy) is 3. The van der Waals surface area contributed by atoms with Crippen LogP contribution in [0, 0.1) is 0 Å². The summed E-state index contributed by atoms with van der Waals surface area (Å²) in [6.07, 6.45) is 18.1. The number of allylic oxidation sites excluding steroid dienone is 2. The van der Waals surface area contributed by atoms with Gasteiger partial charge in [0.25, 0.3) is 0 Å². The third-order valence-corrected chi connectivity index (χ3v) is 6.32. The summed E-state index contributed by atoms with van der Waals surface area (Å²) < 4.78 is 15.9. The summed E-state index contributed by atoms with van der Waals surface area (Å²) in [4.78, 5) is 36.2. The maximum atomic E-state index is 12.6. The molecule has 0 amide bonds. The summed E-state index contributed by atoms with van der Waals surface area (Å²) in [5.74, 6) is -2.18. The van der Waals surface area contributed by atoms with Crippen LogP contribution in [-0.2, 0) is 28.6 Å². The van der Waals surface area contributed by atoms with E-state index in [4.69, 9.17) is 14.2 Å². The Balaban J connectivity index is 4.39. The summed E-state index contributed by atoms with van der Waals surface area (Å²) in [5, 5.41) is 18.8. The molecule has 8 heteroatoms. The van der Waals surface area contributed by atoms with Crippen molar-refractivity contribution in [3.05, 3.63) is 12.2 Å². The first kappa shape index (κ1) is 36.1. The highest BCUT2D eigenvalue weighted by molar-refractivity contribution is 5.74. The fraction of sp³-hybridized carbons (Fsp3) is 0.833. The van der Waals surface area contributed by atoms with Gasteiger partial charge >= 0.3 is 17.9 Å². The van der Waals surface area contributed by atoms with Crippen molar-refractivity contribution >= 4 is 17.9 Å². The first-order valence-corrected chi connectivity index (χ1v) is 14.7. The topological polar surface area (TPSA) is 119 Å². The maximum absolute atomic E-state index is 12.6. The van der Waals surface area contributed by atoms with E-state index in [-0.39, 0.29) is 26.1 Å². The van der Waals surface area contributed by atoms with Crippen LogP contribution in [-0.4, -0.2) is 59.1 Å². The molecule has 2 unspecified atom stereocenters. The van der Waals surface area contributed by atoms with E-state index >= 15 is 0 Å². The van der Waals surface area contributed by atoms with E-state index in [9.17, 15) is 24.6 Å². The number of aliphatic hydroxyl groups excluding tert-OH is 2. The Morgan fingerprint density at radius 2 is 1.13 bits per heavy atom. The largest absolute Gasteiger partial charge is 0.459 e. The predicted molar refractivity (Wildman–Crippen MR) is 148 cm³/mol. The summed E-state index contributed by atoms with van der Waals surface area (Å²) in [6, 6.07) is 0. The number of carbonyl (C=O) groups is 3. The zero-order valence-corrected chi connectivity index (χ0v) is 24.4. The number of esters is 3. The number of rotatable bonds is 24. The van der Waals surface area contributed by atoms with Crippen LogP contribution < -0.4 is 0 Å². The van der Waals surface area contributed by atoms with Crippen LogP contribution in [0.25, 0.3) is 0 Å². The third kappa shape index (κ3) is 19.2. The van der Waals surface area contributed by atoms with E-state index < -0.39 is 35.7 Å². The lowest BCUT2D eigenvalue weighted by Gasteiger charge is -2.32. The Hall–Kier alpha value is -1.93. The van der Waals surface area contributed by atoms with E-state index in [0.717, 1.165) is 32.1 Å². The molecule has 38 heavy (non-hydrogen) atoms. The van der Waals surface area contributed by atoms with Crippen LogP contribution >= 0.6 is 0 Å². The van der Waals surface area contributed by atoms with Crippen molar-refractivity contribution in [3.8, 4) is 0 Å². The van der Waals surface area contributed by atoms with E-state index in [2.05, 4.69) is 19.1 Å². The van der Waals surface area contributed by atoms with Gasteiger partial charge in [-0.3, -0.25) is 4.79 Å². The molecule has 0 heterocycles. The second-order valence-electron chi connectivity index (χ2n) is 10.3. The normalized spacial score (nSPS) is 14.6. The number of aliphatic hydroxyl groups is 2. The molecule has 0 spiro atoms. The Labute approximate surface area is 230 Å². The summed E-state index contributed by atoms with van der Waals surface area (Å²) in [6.45, 7) is 5.94. The third-order valence-electron chi connectivity index (χ3n) is 6.32. The molecule has 0 saturated heterocycles. The van der Waals surface area contributed by atoms with E-state index in [0.29, 0.717) is 12.8 Å². The van der Waals surface area contributed by atoms with Gasteiger partial charge in [-0.1, -0.05) is 83.8 Å². The number of unbranched alkanes of at least 4 members (excludes halogenated alkanes) is 11. The number of hydrogen-bond donors (Lipinski definition) is 2. The summed E-state index contributed by atoms with van der Waals surface area (Å²) in [7, 11) is 0. The van der Waals surface area contributed by atoms with Crippen molar-refractivity contribution in [2.45, 2.75) is 148 Å². The highest BCUT2D eigenvalue weighted by Gasteiger charge is 2.38. The molecular weight excluding hydrogens is 488 g/mol. The lowest BCUT2D eigenvalue weighted by atomic mass is 9.99. The van der Waals surface area contributed by atoms with Crippen molar-refractivity contribution < 1.29 is 38.8 Å². The molecule has 0 saturated carbocycles. The minimum Gasteiger partial charge on any atom is -0.459 e. The minimum atomic E-state index is -1.37. The Morgan fingerprint density at radius 1 is 0.684 bits per heavy atom. The van der Waals surface area contributed by atoms with Gasteiger partial charge in [-0.05, 0) is 52.4 Å². The molecule has 2 N–H and O–H groups in total. The van der Waals surface area contributed by atoms with Crippen molar-refractivity contribution in [1.82, 2.24) is 0 Å². The second-order valence-corrected chi connectivity index (χ2v) is 10.3. The zero-order chi connectivity index (χ0) is 28.7. The fourth-order valence-electron chi connectivity index (χ4n) is 4.03. The monoisotopic (exact) mass is 542 g/mol. The van der Waals surface area contributed by atoms with Crippen LogP contribution in [0.4, 0.5) is 0 Å². The SMILES string of the molecule is CCCCCCCCC=CCCCCCCCC(=O)OC(CCC)(COC(=O)C(C)O)COC(=O)C(C)O. The van der Waals surface area contributed by atoms with Gasteiger partial charge in [0.05, 0.1) is 0 Å². The lowest BCUT2D eigenvalue weighted by molar-refractivity contribution is -0.190. The van der Waals surface area contributed by atoms with Crippen LogP contribution in [0.1, 0.15) is 130 Å². The average Bonchev–Trinajstić information content (AvgIpc) is 2.88. The Kier molecular flexibility index (Phi) is 21.8. The molecule has 0 aliphatic carbocycles. The van der Waals surface area contributed by atoms with Crippen LogP contribution in [0.3, 0.4) is 0 Å². The standard InChI is InChI=1S/C30H54O8/c1-5-7-8-9-10-11-12-13-14-15-16-17-18-19-20-21-27(33)38-30(22-6-2,23-36-28(34)25(3)31)24-37-29(35)26(4)32/h13-14,25-26,31-32H,5-12,15-24H2,1-4H3. The predicted octanol–water partition coefficient (Wildman–Crippen LogP) is 5.95. The van der Waals surface area contributed by atoms with Crippen molar-refractivity contribution in [2.24, 2.45) is 0 Å². The molecule has 222 valence electrons. The molecule has 0 aromatic carbocycles. The Bertz CT molecular complexity index is 633. The van der Waals surface area contributed by atoms with Crippen LogP contribution in [0.15, 0.2) is 12.2 Å². The van der Waals surface area contributed by atoms with Gasteiger partial charge in [0.15, 0.2) is 5.60 Å². The molecule has 0 aromatic rings. The van der Waals surface area contributed by atoms with Crippen molar-refractivity contribution in [2.75, 3.05) is 13.2 Å². The van der Waals surface area contributed by atoms with Gasteiger partial charge in [0, 0.05) is 6.42 Å². The average molecular weight is 543 g/mol. The molecule has 0 rings (SSSR count). The van der Waals surface area contributed by atoms with E-state index in [1.165, 1.54) is 58.8 Å². The fourth-order valence-corrected chi connectivity index (χ4v) is 4.03. The Morgan fingerprint density at radius 3 is 1.58 bits per heavy atom. The molecule has 0 aromatic heterocycles. The van der Waals surface area contributed by atoms with Crippen LogP contribution in [0.5, 0.6) is 0 Å². The quantitative estimate of drug-likeness (QED) is 0.0664. The first-order chi connectivity index (χ1) is 18.2. The lowest BCUT2D eigenvalue weighted by Crippen LogP contribution is -2.46. The number of carbonyl (C=O) groups excluding carboxylic acids is 3. The summed E-state index contributed by atoms with van der Waals surface area (Å²) >= 11 is 0. The highest BCUT2D eigenvalue weighted by Crippen LogP contribution is 2.23. The molecule has 2 atom stereocenters. The zero-order valence-electron chi connectivity index (χ0n) is 24.4. The molecule has 0 bridgehead atoms. The highest BCUT2D eigenvalue weighted by atomic mass is 16.6. The summed E-state index contributed by atoms with van der Waals surface area (Å²) in [5.41, 5.74) is -1.37. The van der Waals surface area contributed by atoms with Gasteiger partial charge < -0.3 is 24.4 Å². The molecule has 0 radical (unpaired) electrons. The van der Waals surface area contributed by atoms with Gasteiger partial charge in [0.2, 0.25) is 0 Å². The van der Waals surface area contributed by atoms with E-state index in [1.807, 2.05) is 6.92 Å². The smallest absolute Gasteiger partial charge is 0.334 e. The molecular formula is C30H54O8. The minimum absolute atomic E-state index is 0.207.